The normalized spacial score (nSPS) is 11.5. The number of para-hydroxylation sites is 1. The van der Waals surface area contributed by atoms with Gasteiger partial charge in [0, 0.05) is 23.7 Å². The number of rotatable bonds is 5. The monoisotopic (exact) mass is 415 g/mol. The lowest BCUT2D eigenvalue weighted by atomic mass is 10.1. The van der Waals surface area contributed by atoms with E-state index >= 15 is 0 Å². The molecule has 0 fully saturated rings. The first-order valence-corrected chi connectivity index (χ1v) is 10.0. The molecule has 8 heteroatoms. The van der Waals surface area contributed by atoms with Gasteiger partial charge in [-0.25, -0.2) is 0 Å². The van der Waals surface area contributed by atoms with Crippen molar-refractivity contribution in [1.82, 2.24) is 24.1 Å². The van der Waals surface area contributed by atoms with Crippen molar-refractivity contribution in [3.63, 3.8) is 0 Å². The number of benzene rings is 2. The molecule has 0 aliphatic carbocycles. The number of methoxy groups -OCH3 is 1. The van der Waals surface area contributed by atoms with Crippen LogP contribution in [0, 0.1) is 6.92 Å². The first kappa shape index (κ1) is 19.0. The van der Waals surface area contributed by atoms with Crippen LogP contribution >= 0.6 is 0 Å². The number of hydrogen-bond donors (Lipinski definition) is 0. The quantitative estimate of drug-likeness (QED) is 0.437. The highest BCUT2D eigenvalue weighted by Crippen LogP contribution is 2.29. The predicted molar refractivity (Wildman–Crippen MR) is 118 cm³/mol. The Morgan fingerprint density at radius 3 is 2.68 bits per heavy atom. The summed E-state index contributed by atoms with van der Waals surface area (Å²) in [6.45, 7) is 4.53. The summed E-state index contributed by atoms with van der Waals surface area (Å²) in [4.78, 5) is 17.4. The zero-order valence-electron chi connectivity index (χ0n) is 17.5. The second-order valence-electron chi connectivity index (χ2n) is 7.25. The summed E-state index contributed by atoms with van der Waals surface area (Å²) in [5.41, 5.74) is 2.36. The second kappa shape index (κ2) is 7.39. The lowest BCUT2D eigenvalue weighted by Gasteiger charge is -2.12. The highest BCUT2D eigenvalue weighted by Gasteiger charge is 2.16. The van der Waals surface area contributed by atoms with Gasteiger partial charge >= 0.3 is 0 Å². The lowest BCUT2D eigenvalue weighted by molar-refractivity contribution is 0.298. The summed E-state index contributed by atoms with van der Waals surface area (Å²) >= 11 is 0. The van der Waals surface area contributed by atoms with Crippen LogP contribution in [-0.2, 0) is 13.2 Å². The van der Waals surface area contributed by atoms with Crippen molar-refractivity contribution in [1.29, 1.82) is 0 Å². The van der Waals surface area contributed by atoms with Gasteiger partial charge in [0.1, 0.15) is 18.1 Å². The van der Waals surface area contributed by atoms with E-state index in [0.29, 0.717) is 29.3 Å². The number of ether oxygens (including phenoxy) is 2. The molecule has 0 radical (unpaired) electrons. The average Bonchev–Trinajstić information content (AvgIpc) is 3.21. The fraction of sp³-hybridized carbons (Fsp3) is 0.217. The van der Waals surface area contributed by atoms with Crippen molar-refractivity contribution in [2.45, 2.75) is 27.0 Å². The molecule has 3 heterocycles. The van der Waals surface area contributed by atoms with Gasteiger partial charge in [0.05, 0.1) is 23.5 Å². The van der Waals surface area contributed by atoms with Crippen LogP contribution in [-0.4, -0.2) is 31.3 Å². The molecule has 3 aromatic heterocycles. The number of fused-ring (bicyclic) bond motifs is 4. The van der Waals surface area contributed by atoms with Crippen LogP contribution < -0.4 is 15.0 Å². The number of nitrogens with zero attached hydrogens (tertiary/aromatic N) is 5. The summed E-state index contributed by atoms with van der Waals surface area (Å²) in [6, 6.07) is 15.1. The fourth-order valence-electron chi connectivity index (χ4n) is 3.88. The van der Waals surface area contributed by atoms with E-state index in [9.17, 15) is 4.79 Å². The lowest BCUT2D eigenvalue weighted by Crippen LogP contribution is -2.22. The maximum absolute atomic E-state index is 12.8. The number of hydrogen-bond acceptors (Lipinski definition) is 6. The van der Waals surface area contributed by atoms with Crippen LogP contribution in [0.5, 0.6) is 11.5 Å². The molecule has 156 valence electrons. The molecule has 0 N–H and O–H groups in total. The van der Waals surface area contributed by atoms with Crippen LogP contribution in [0.15, 0.2) is 53.3 Å². The molecule has 31 heavy (non-hydrogen) atoms. The molecule has 0 saturated carbocycles. The molecule has 0 aliphatic rings. The molecule has 5 rings (SSSR count). The predicted octanol–water partition coefficient (Wildman–Crippen LogP) is 3.51. The maximum Gasteiger partial charge on any atom is 0.262 e. The van der Waals surface area contributed by atoms with Gasteiger partial charge in [-0.1, -0.05) is 12.1 Å². The number of aromatic nitrogens is 5. The van der Waals surface area contributed by atoms with Gasteiger partial charge in [-0.15, -0.1) is 10.2 Å². The van der Waals surface area contributed by atoms with Crippen molar-refractivity contribution < 1.29 is 9.47 Å². The molecular formula is C23H21N5O3. The number of pyridine rings is 1. The van der Waals surface area contributed by atoms with Gasteiger partial charge in [-0.2, -0.15) is 0 Å². The number of aryl methyl sites for hydroxylation is 2. The largest absolute Gasteiger partial charge is 0.497 e. The first-order chi connectivity index (χ1) is 15.1. The minimum Gasteiger partial charge on any atom is -0.497 e. The fourth-order valence-corrected chi connectivity index (χ4v) is 3.88. The van der Waals surface area contributed by atoms with Crippen LogP contribution in [0.4, 0.5) is 0 Å². The van der Waals surface area contributed by atoms with E-state index < -0.39 is 0 Å². The Labute approximate surface area is 177 Å². The molecule has 0 unspecified atom stereocenters. The third-order valence-electron chi connectivity index (χ3n) is 5.35. The van der Waals surface area contributed by atoms with Crippen molar-refractivity contribution in [2.24, 2.45) is 0 Å². The van der Waals surface area contributed by atoms with Crippen LogP contribution in [0.3, 0.4) is 0 Å². The van der Waals surface area contributed by atoms with E-state index in [4.69, 9.17) is 9.47 Å². The van der Waals surface area contributed by atoms with Gasteiger partial charge < -0.3 is 9.47 Å². The smallest absolute Gasteiger partial charge is 0.262 e. The standard InChI is InChI=1S/C23H21N5O3/c1-4-27-22(29)16-7-5-6-8-19(16)28-21(25-26-23(27)28)13-31-20-11-14(2)24-18-10-9-15(30-3)12-17(18)20/h5-12H,4,13H2,1-3H3. The molecule has 8 nitrogen and oxygen atoms in total. The SMILES string of the molecule is CCn1c(=O)c2ccccc2n2c(COc3cc(C)nc4ccc(OC)cc34)nnc12. The molecule has 0 atom stereocenters. The zero-order valence-corrected chi connectivity index (χ0v) is 17.5. The van der Waals surface area contributed by atoms with Gasteiger partial charge in [0.15, 0.2) is 5.82 Å². The highest BCUT2D eigenvalue weighted by molar-refractivity contribution is 5.86. The molecule has 0 aliphatic heterocycles. The van der Waals surface area contributed by atoms with Gasteiger partial charge in [0.2, 0.25) is 5.78 Å². The molecule has 5 aromatic rings. The molecular weight excluding hydrogens is 394 g/mol. The second-order valence-corrected chi connectivity index (χ2v) is 7.25. The summed E-state index contributed by atoms with van der Waals surface area (Å²) in [7, 11) is 1.63. The van der Waals surface area contributed by atoms with Crippen LogP contribution in [0.25, 0.3) is 27.6 Å². The first-order valence-electron chi connectivity index (χ1n) is 10.0. The summed E-state index contributed by atoms with van der Waals surface area (Å²) in [5, 5.41) is 10.1. The van der Waals surface area contributed by atoms with Crippen LogP contribution in [0.1, 0.15) is 18.4 Å². The van der Waals surface area contributed by atoms with Crippen molar-refractivity contribution in [3.05, 3.63) is 70.4 Å². The Kier molecular flexibility index (Phi) is 4.54. The van der Waals surface area contributed by atoms with E-state index in [1.54, 1.807) is 11.7 Å². The molecule has 0 saturated heterocycles. The average molecular weight is 415 g/mol. The van der Waals surface area contributed by atoms with Gasteiger partial charge in [-0.05, 0) is 44.2 Å². The van der Waals surface area contributed by atoms with Crippen molar-refractivity contribution >= 4 is 27.6 Å². The minimum absolute atomic E-state index is 0.0756. The molecule has 0 spiro atoms. The minimum atomic E-state index is -0.0756. The third kappa shape index (κ3) is 3.07. The van der Waals surface area contributed by atoms with Gasteiger partial charge in [-0.3, -0.25) is 18.7 Å². The molecule has 0 bridgehead atoms. The van der Waals surface area contributed by atoms with E-state index in [1.165, 1.54) is 0 Å². The summed E-state index contributed by atoms with van der Waals surface area (Å²) in [5.74, 6) is 2.53. The van der Waals surface area contributed by atoms with Gasteiger partial charge in [0.25, 0.3) is 5.56 Å². The summed E-state index contributed by atoms with van der Waals surface area (Å²) in [6.07, 6.45) is 0. The maximum atomic E-state index is 12.8. The molecule has 0 amide bonds. The topological polar surface area (TPSA) is 83.5 Å². The Morgan fingerprint density at radius 1 is 1.03 bits per heavy atom. The van der Waals surface area contributed by atoms with Crippen molar-refractivity contribution in [3.8, 4) is 11.5 Å². The summed E-state index contributed by atoms with van der Waals surface area (Å²) < 4.78 is 15.1. The molecule has 2 aromatic carbocycles. The Bertz CT molecular complexity index is 1500. The van der Waals surface area contributed by atoms with E-state index in [-0.39, 0.29) is 12.2 Å². The van der Waals surface area contributed by atoms with E-state index in [1.807, 2.05) is 66.8 Å². The van der Waals surface area contributed by atoms with Crippen molar-refractivity contribution in [2.75, 3.05) is 7.11 Å². The third-order valence-corrected chi connectivity index (χ3v) is 5.35. The Hall–Kier alpha value is -3.94. The Balaban J connectivity index is 1.63. The highest BCUT2D eigenvalue weighted by atomic mass is 16.5. The van der Waals surface area contributed by atoms with E-state index in [2.05, 4.69) is 15.2 Å². The van der Waals surface area contributed by atoms with Crippen LogP contribution in [0.2, 0.25) is 0 Å². The zero-order chi connectivity index (χ0) is 21.5. The Morgan fingerprint density at radius 2 is 1.87 bits per heavy atom. The van der Waals surface area contributed by atoms with E-state index in [0.717, 1.165) is 27.9 Å².